The van der Waals surface area contributed by atoms with Crippen molar-refractivity contribution in [3.63, 3.8) is 0 Å². The van der Waals surface area contributed by atoms with Gasteiger partial charge in [-0.2, -0.15) is 5.26 Å². The van der Waals surface area contributed by atoms with Gasteiger partial charge < -0.3 is 5.11 Å². The van der Waals surface area contributed by atoms with E-state index >= 15 is 0 Å². The SMILES string of the molecule is N#CC(=O)C(O)(Cl)c1ccccc1. The van der Waals surface area contributed by atoms with Gasteiger partial charge in [0.25, 0.3) is 5.78 Å². The summed E-state index contributed by atoms with van der Waals surface area (Å²) in [5, 5.41) is 15.5. The van der Waals surface area contributed by atoms with Crippen molar-refractivity contribution in [1.29, 1.82) is 5.26 Å². The van der Waals surface area contributed by atoms with E-state index < -0.39 is 10.8 Å². The second-order valence-electron chi connectivity index (χ2n) is 2.43. The predicted octanol–water partition coefficient (Wildman–Crippen LogP) is 1.16. The Morgan fingerprint density at radius 1 is 1.46 bits per heavy atom. The zero-order valence-corrected chi connectivity index (χ0v) is 7.32. The van der Waals surface area contributed by atoms with E-state index in [2.05, 4.69) is 0 Å². The van der Waals surface area contributed by atoms with E-state index in [4.69, 9.17) is 16.9 Å². The monoisotopic (exact) mass is 195 g/mol. The van der Waals surface area contributed by atoms with Gasteiger partial charge in [0.15, 0.2) is 0 Å². The summed E-state index contributed by atoms with van der Waals surface area (Å²) in [5.74, 6) is -1.08. The van der Waals surface area contributed by atoms with Gasteiger partial charge in [-0.05, 0) is 0 Å². The maximum absolute atomic E-state index is 10.9. The molecule has 0 fully saturated rings. The second-order valence-corrected chi connectivity index (χ2v) is 2.98. The highest BCUT2D eigenvalue weighted by Gasteiger charge is 2.35. The standard InChI is InChI=1S/C9H6ClNO2/c10-9(13,8(12)6-11)7-4-2-1-3-5-7/h1-5,13H. The summed E-state index contributed by atoms with van der Waals surface area (Å²) < 4.78 is 0. The number of carbonyl (C=O) groups is 1. The third-order valence-electron chi connectivity index (χ3n) is 1.56. The van der Waals surface area contributed by atoms with Gasteiger partial charge in [0.1, 0.15) is 6.07 Å². The molecule has 1 rings (SSSR count). The number of carbonyl (C=O) groups excluding carboxylic acids is 1. The summed E-state index contributed by atoms with van der Waals surface area (Å²) in [5.41, 5.74) is 0.197. The normalized spacial score (nSPS) is 14.2. The van der Waals surface area contributed by atoms with Crippen molar-refractivity contribution < 1.29 is 9.90 Å². The van der Waals surface area contributed by atoms with E-state index in [1.807, 2.05) is 0 Å². The largest absolute Gasteiger partial charge is 0.364 e. The molecule has 0 aliphatic carbocycles. The number of Topliss-reactive ketones (excluding diaryl/α,β-unsaturated/α-hetero) is 1. The first-order valence-electron chi connectivity index (χ1n) is 3.50. The lowest BCUT2D eigenvalue weighted by Crippen LogP contribution is -2.27. The summed E-state index contributed by atoms with van der Waals surface area (Å²) in [4.78, 5) is 10.9. The lowest BCUT2D eigenvalue weighted by molar-refractivity contribution is -0.125. The number of rotatable bonds is 2. The van der Waals surface area contributed by atoms with Crippen LogP contribution in [-0.2, 0) is 9.85 Å². The Hall–Kier alpha value is -1.37. The van der Waals surface area contributed by atoms with Crippen LogP contribution in [0.5, 0.6) is 0 Å². The quantitative estimate of drug-likeness (QED) is 0.569. The third-order valence-corrected chi connectivity index (χ3v) is 1.95. The average Bonchev–Trinajstić information content (AvgIpc) is 2.18. The van der Waals surface area contributed by atoms with Crippen LogP contribution in [0.3, 0.4) is 0 Å². The van der Waals surface area contributed by atoms with Crippen LogP contribution in [0.25, 0.3) is 0 Å². The molecule has 13 heavy (non-hydrogen) atoms. The second kappa shape index (κ2) is 3.56. The van der Waals surface area contributed by atoms with Gasteiger partial charge in [-0.15, -0.1) is 0 Å². The van der Waals surface area contributed by atoms with E-state index in [0.717, 1.165) is 0 Å². The third kappa shape index (κ3) is 1.86. The summed E-state index contributed by atoms with van der Waals surface area (Å²) >= 11 is 5.50. The number of nitrogens with zero attached hydrogens (tertiary/aromatic N) is 1. The Morgan fingerprint density at radius 2 is 2.00 bits per heavy atom. The number of halogens is 1. The highest BCUT2D eigenvalue weighted by atomic mass is 35.5. The van der Waals surface area contributed by atoms with Crippen molar-refractivity contribution in [1.82, 2.24) is 0 Å². The van der Waals surface area contributed by atoms with E-state index in [-0.39, 0.29) is 5.56 Å². The fourth-order valence-corrected chi connectivity index (χ4v) is 1.03. The maximum atomic E-state index is 10.9. The van der Waals surface area contributed by atoms with E-state index in [1.54, 1.807) is 18.2 Å². The molecule has 0 aliphatic rings. The molecule has 0 spiro atoms. The Balaban J connectivity index is 3.09. The van der Waals surface area contributed by atoms with Crippen LogP contribution in [0.15, 0.2) is 30.3 Å². The molecule has 1 atom stereocenters. The van der Waals surface area contributed by atoms with Gasteiger partial charge in [0, 0.05) is 5.56 Å². The molecule has 1 aromatic rings. The fraction of sp³-hybridized carbons (Fsp3) is 0.111. The van der Waals surface area contributed by atoms with E-state index in [0.29, 0.717) is 0 Å². The van der Waals surface area contributed by atoms with E-state index in [9.17, 15) is 9.90 Å². The van der Waals surface area contributed by atoms with Crippen LogP contribution in [-0.4, -0.2) is 10.9 Å². The topological polar surface area (TPSA) is 61.1 Å². The minimum absolute atomic E-state index is 0.197. The van der Waals surface area contributed by atoms with Crippen LogP contribution in [0.2, 0.25) is 0 Å². The predicted molar refractivity (Wildman–Crippen MR) is 46.8 cm³/mol. The molecular weight excluding hydrogens is 190 g/mol. The maximum Gasteiger partial charge on any atom is 0.283 e. The number of alkyl halides is 1. The molecular formula is C9H6ClNO2. The number of benzene rings is 1. The lowest BCUT2D eigenvalue weighted by atomic mass is 10.1. The molecule has 0 saturated carbocycles. The summed E-state index contributed by atoms with van der Waals surface area (Å²) in [6, 6.07) is 9.18. The Morgan fingerprint density at radius 3 is 2.46 bits per heavy atom. The highest BCUT2D eigenvalue weighted by molar-refractivity contribution is 6.36. The van der Waals surface area contributed by atoms with Crippen molar-refractivity contribution in [2.45, 2.75) is 5.06 Å². The summed E-state index contributed by atoms with van der Waals surface area (Å²) in [6.45, 7) is 0. The minimum Gasteiger partial charge on any atom is -0.364 e. The van der Waals surface area contributed by atoms with Crippen LogP contribution in [0, 0.1) is 11.3 Å². The first kappa shape index (κ1) is 9.72. The van der Waals surface area contributed by atoms with Gasteiger partial charge in [-0.1, -0.05) is 41.9 Å². The molecule has 0 bridgehead atoms. The van der Waals surface area contributed by atoms with Crippen molar-refractivity contribution >= 4 is 17.4 Å². The Kier molecular flexibility index (Phi) is 2.66. The summed E-state index contributed by atoms with van der Waals surface area (Å²) in [7, 11) is 0. The molecule has 1 N–H and O–H groups in total. The molecule has 0 heterocycles. The number of aliphatic hydroxyl groups is 1. The van der Waals surface area contributed by atoms with Crippen LogP contribution in [0.4, 0.5) is 0 Å². The van der Waals surface area contributed by atoms with Crippen molar-refractivity contribution in [2.24, 2.45) is 0 Å². The highest BCUT2D eigenvalue weighted by Crippen LogP contribution is 2.26. The molecule has 1 unspecified atom stereocenters. The Bertz CT molecular complexity index is 354. The van der Waals surface area contributed by atoms with Gasteiger partial charge in [0.2, 0.25) is 5.06 Å². The Labute approximate surface area is 80.2 Å². The lowest BCUT2D eigenvalue weighted by Gasteiger charge is -2.14. The van der Waals surface area contributed by atoms with Crippen molar-refractivity contribution in [3.05, 3.63) is 35.9 Å². The zero-order chi connectivity index (χ0) is 9.90. The van der Waals surface area contributed by atoms with Crippen LogP contribution < -0.4 is 0 Å². The molecule has 0 amide bonds. The number of hydrogen-bond acceptors (Lipinski definition) is 3. The van der Waals surface area contributed by atoms with E-state index in [1.165, 1.54) is 18.2 Å². The fourth-order valence-electron chi connectivity index (χ4n) is 0.864. The van der Waals surface area contributed by atoms with Crippen LogP contribution in [0.1, 0.15) is 5.56 Å². The zero-order valence-electron chi connectivity index (χ0n) is 6.57. The first-order valence-corrected chi connectivity index (χ1v) is 3.88. The first-order chi connectivity index (χ1) is 6.09. The average molecular weight is 196 g/mol. The molecule has 0 radical (unpaired) electrons. The van der Waals surface area contributed by atoms with Crippen molar-refractivity contribution in [3.8, 4) is 6.07 Å². The molecule has 3 nitrogen and oxygen atoms in total. The molecule has 66 valence electrons. The number of nitriles is 1. The minimum atomic E-state index is -2.23. The van der Waals surface area contributed by atoms with Gasteiger partial charge in [-0.25, -0.2) is 0 Å². The van der Waals surface area contributed by atoms with Gasteiger partial charge in [0.05, 0.1) is 0 Å². The number of hydrogen-bond donors (Lipinski definition) is 1. The smallest absolute Gasteiger partial charge is 0.283 e. The number of ketones is 1. The molecule has 4 heteroatoms. The van der Waals surface area contributed by atoms with Gasteiger partial charge >= 0.3 is 0 Å². The summed E-state index contributed by atoms with van der Waals surface area (Å²) in [6.07, 6.45) is 0. The van der Waals surface area contributed by atoms with Crippen LogP contribution >= 0.6 is 11.6 Å². The van der Waals surface area contributed by atoms with Gasteiger partial charge in [-0.3, -0.25) is 4.79 Å². The molecule has 0 saturated heterocycles. The molecule has 1 aromatic carbocycles. The molecule has 0 aromatic heterocycles. The molecule has 0 aliphatic heterocycles. The van der Waals surface area contributed by atoms with Crippen molar-refractivity contribution in [2.75, 3.05) is 0 Å².